The van der Waals surface area contributed by atoms with Crippen molar-refractivity contribution in [2.75, 3.05) is 31.8 Å². The van der Waals surface area contributed by atoms with E-state index in [1.54, 1.807) is 31.4 Å². The van der Waals surface area contributed by atoms with Crippen LogP contribution in [0, 0.1) is 0 Å². The van der Waals surface area contributed by atoms with E-state index in [0.29, 0.717) is 23.1 Å². The van der Waals surface area contributed by atoms with Crippen LogP contribution in [0.2, 0.25) is 5.02 Å². The second-order valence-corrected chi connectivity index (χ2v) is 11.5. The van der Waals surface area contributed by atoms with E-state index in [2.05, 4.69) is 5.32 Å². The first kappa shape index (κ1) is 21.9. The zero-order valence-corrected chi connectivity index (χ0v) is 18.1. The molecule has 2 atom stereocenters. The molecule has 1 fully saturated rings. The molecule has 0 bridgehead atoms. The Kier molecular flexibility index (Phi) is 6.72. The fourth-order valence-corrected chi connectivity index (χ4v) is 8.04. The number of nitrogens with one attached hydrogen (secondary N) is 1. The molecule has 0 amide bonds. The highest BCUT2D eigenvalue weighted by Crippen LogP contribution is 2.27. The Bertz CT molecular complexity index is 1040. The van der Waals surface area contributed by atoms with Crippen LogP contribution >= 0.6 is 11.6 Å². The van der Waals surface area contributed by atoms with Gasteiger partial charge in [0.15, 0.2) is 19.7 Å². The van der Waals surface area contributed by atoms with E-state index in [4.69, 9.17) is 21.1 Å². The van der Waals surface area contributed by atoms with Gasteiger partial charge in [0.1, 0.15) is 18.1 Å². The van der Waals surface area contributed by atoms with E-state index >= 15 is 0 Å². The lowest BCUT2D eigenvalue weighted by atomic mass is 10.2. The van der Waals surface area contributed by atoms with Gasteiger partial charge >= 0.3 is 0 Å². The maximum Gasteiger partial charge on any atom is 0.183 e. The number of benzene rings is 2. The predicted octanol–water partition coefficient (Wildman–Crippen LogP) is 1.96. The first-order valence-corrected chi connectivity index (χ1v) is 12.7. The molecule has 10 heteroatoms. The molecule has 0 aromatic heterocycles. The molecule has 0 radical (unpaired) electrons. The standard InChI is InChI=1S/C19H22ClNO6S2/c1-26-15-4-6-16(7-5-15)27-11-10-21-18-12-28(22,23)13-19(18)29(24,25)17-8-2-14(20)3-9-17/h2-9,18-19,21H,10-13H2,1H3/t18-,19-/m0/s1. The van der Waals surface area contributed by atoms with Crippen molar-refractivity contribution in [2.24, 2.45) is 0 Å². The molecule has 1 aliphatic rings. The molecule has 158 valence electrons. The predicted molar refractivity (Wildman–Crippen MR) is 111 cm³/mol. The Morgan fingerprint density at radius 1 is 1.03 bits per heavy atom. The third kappa shape index (κ3) is 5.42. The first-order chi connectivity index (χ1) is 13.7. The molecule has 7 nitrogen and oxygen atoms in total. The number of sulfone groups is 2. The van der Waals surface area contributed by atoms with Crippen molar-refractivity contribution in [3.63, 3.8) is 0 Å². The Hall–Kier alpha value is -1.81. The summed E-state index contributed by atoms with van der Waals surface area (Å²) < 4.78 is 60.9. The summed E-state index contributed by atoms with van der Waals surface area (Å²) in [5, 5.41) is 2.38. The lowest BCUT2D eigenvalue weighted by Crippen LogP contribution is -2.44. The lowest BCUT2D eigenvalue weighted by molar-refractivity contribution is 0.307. The molecular formula is C19H22ClNO6S2. The SMILES string of the molecule is COc1ccc(OCCN[C@H]2CS(=O)(=O)C[C@@H]2S(=O)(=O)c2ccc(Cl)cc2)cc1. The van der Waals surface area contributed by atoms with Crippen LogP contribution in [0.25, 0.3) is 0 Å². The number of rotatable bonds is 8. The molecule has 0 unspecified atom stereocenters. The molecule has 1 heterocycles. The average molecular weight is 460 g/mol. The zero-order valence-electron chi connectivity index (χ0n) is 15.7. The summed E-state index contributed by atoms with van der Waals surface area (Å²) in [7, 11) is -5.72. The van der Waals surface area contributed by atoms with Crippen LogP contribution in [0.15, 0.2) is 53.4 Å². The molecule has 1 N–H and O–H groups in total. The zero-order chi connectivity index (χ0) is 21.1. The second-order valence-electron chi connectivity index (χ2n) is 6.70. The fraction of sp³-hybridized carbons (Fsp3) is 0.368. The molecule has 29 heavy (non-hydrogen) atoms. The summed E-state index contributed by atoms with van der Waals surface area (Å²) in [6.07, 6.45) is 0. The van der Waals surface area contributed by atoms with Gasteiger partial charge in [-0.05, 0) is 48.5 Å². The van der Waals surface area contributed by atoms with E-state index in [1.165, 1.54) is 24.3 Å². The molecule has 0 spiro atoms. The summed E-state index contributed by atoms with van der Waals surface area (Å²) in [4.78, 5) is 0.0604. The molecular weight excluding hydrogens is 438 g/mol. The summed E-state index contributed by atoms with van der Waals surface area (Å²) in [6.45, 7) is 0.565. The monoisotopic (exact) mass is 459 g/mol. The van der Waals surface area contributed by atoms with Crippen molar-refractivity contribution in [2.45, 2.75) is 16.2 Å². The minimum absolute atomic E-state index is 0.0604. The Balaban J connectivity index is 1.64. The highest BCUT2D eigenvalue weighted by molar-refractivity contribution is 7.96. The van der Waals surface area contributed by atoms with E-state index in [0.717, 1.165) is 0 Å². The van der Waals surface area contributed by atoms with Crippen LogP contribution < -0.4 is 14.8 Å². The first-order valence-electron chi connectivity index (χ1n) is 8.91. The maximum atomic E-state index is 13.0. The van der Waals surface area contributed by atoms with E-state index < -0.39 is 36.7 Å². The molecule has 2 aromatic carbocycles. The topological polar surface area (TPSA) is 98.8 Å². The third-order valence-electron chi connectivity index (χ3n) is 4.68. The number of methoxy groups -OCH3 is 1. The summed E-state index contributed by atoms with van der Waals surface area (Å²) in [5.74, 6) is 0.709. The minimum Gasteiger partial charge on any atom is -0.497 e. The quantitative estimate of drug-likeness (QED) is 0.602. The molecule has 1 saturated heterocycles. The Morgan fingerprint density at radius 3 is 2.28 bits per heavy atom. The van der Waals surface area contributed by atoms with Crippen molar-refractivity contribution in [3.05, 3.63) is 53.6 Å². The number of hydrogen-bond donors (Lipinski definition) is 1. The highest BCUT2D eigenvalue weighted by Gasteiger charge is 2.45. The van der Waals surface area contributed by atoms with Gasteiger partial charge in [-0.25, -0.2) is 16.8 Å². The van der Waals surface area contributed by atoms with Crippen molar-refractivity contribution in [1.82, 2.24) is 5.32 Å². The average Bonchev–Trinajstić information content (AvgIpc) is 3.01. The molecule has 1 aliphatic heterocycles. The largest absolute Gasteiger partial charge is 0.497 e. The van der Waals surface area contributed by atoms with Crippen molar-refractivity contribution >= 4 is 31.3 Å². The van der Waals surface area contributed by atoms with Crippen LogP contribution in [0.1, 0.15) is 0 Å². The van der Waals surface area contributed by atoms with Crippen molar-refractivity contribution in [3.8, 4) is 11.5 Å². The van der Waals surface area contributed by atoms with Crippen molar-refractivity contribution in [1.29, 1.82) is 0 Å². The Labute approximate surface area is 175 Å². The van der Waals surface area contributed by atoms with Gasteiger partial charge < -0.3 is 14.8 Å². The van der Waals surface area contributed by atoms with E-state index in [9.17, 15) is 16.8 Å². The Morgan fingerprint density at radius 2 is 1.66 bits per heavy atom. The lowest BCUT2D eigenvalue weighted by Gasteiger charge is -2.20. The summed E-state index contributed by atoms with van der Waals surface area (Å²) in [6, 6.07) is 12.1. The van der Waals surface area contributed by atoms with Gasteiger partial charge in [0.2, 0.25) is 0 Å². The van der Waals surface area contributed by atoms with Gasteiger partial charge in [-0.3, -0.25) is 0 Å². The molecule has 0 aliphatic carbocycles. The highest BCUT2D eigenvalue weighted by atomic mass is 35.5. The minimum atomic E-state index is -3.83. The third-order valence-corrected chi connectivity index (χ3v) is 9.10. The van der Waals surface area contributed by atoms with Crippen LogP contribution in [0.4, 0.5) is 0 Å². The molecule has 0 saturated carbocycles. The van der Waals surface area contributed by atoms with Gasteiger partial charge in [0.05, 0.1) is 28.8 Å². The van der Waals surface area contributed by atoms with E-state index in [-0.39, 0.29) is 17.3 Å². The normalized spacial score (nSPS) is 21.0. The molecule has 2 aromatic rings. The van der Waals surface area contributed by atoms with Gasteiger partial charge in [0, 0.05) is 17.6 Å². The van der Waals surface area contributed by atoms with Gasteiger partial charge in [0.25, 0.3) is 0 Å². The maximum absolute atomic E-state index is 13.0. The van der Waals surface area contributed by atoms with Crippen molar-refractivity contribution < 1.29 is 26.3 Å². The van der Waals surface area contributed by atoms with Crippen LogP contribution in [-0.2, 0) is 19.7 Å². The van der Waals surface area contributed by atoms with Crippen LogP contribution in [-0.4, -0.2) is 59.9 Å². The van der Waals surface area contributed by atoms with Crippen LogP contribution in [0.3, 0.4) is 0 Å². The number of halogens is 1. The molecule has 3 rings (SSSR count). The smallest absolute Gasteiger partial charge is 0.183 e. The fourth-order valence-electron chi connectivity index (χ4n) is 3.20. The van der Waals surface area contributed by atoms with Crippen LogP contribution in [0.5, 0.6) is 11.5 Å². The summed E-state index contributed by atoms with van der Waals surface area (Å²) in [5.41, 5.74) is 0. The summed E-state index contributed by atoms with van der Waals surface area (Å²) >= 11 is 5.82. The van der Waals surface area contributed by atoms with Gasteiger partial charge in [-0.2, -0.15) is 0 Å². The van der Waals surface area contributed by atoms with E-state index in [1.807, 2.05) is 0 Å². The number of ether oxygens (including phenoxy) is 2. The van der Waals surface area contributed by atoms with Gasteiger partial charge in [-0.15, -0.1) is 0 Å². The second kappa shape index (κ2) is 8.91. The van der Waals surface area contributed by atoms with Gasteiger partial charge in [-0.1, -0.05) is 11.6 Å². The number of hydrogen-bond acceptors (Lipinski definition) is 7.